The fraction of sp³-hybridized carbons (Fsp3) is 0.182. The van der Waals surface area contributed by atoms with Gasteiger partial charge in [0, 0.05) is 22.2 Å². The maximum atomic E-state index is 14.6. The average molecular weight is 490 g/mol. The number of hydrogen-bond acceptors (Lipinski definition) is 6. The van der Waals surface area contributed by atoms with Crippen LogP contribution in [0, 0.1) is 11.6 Å². The Labute approximate surface area is 196 Å². The summed E-state index contributed by atoms with van der Waals surface area (Å²) >= 11 is 7.07. The van der Waals surface area contributed by atoms with Crippen LogP contribution in [0.25, 0.3) is 10.6 Å². The van der Waals surface area contributed by atoms with Crippen LogP contribution >= 0.6 is 22.9 Å². The number of nitrogens with zero attached hydrogens (tertiary/aromatic N) is 4. The molecule has 2 heterocycles. The van der Waals surface area contributed by atoms with E-state index < -0.39 is 29.2 Å². The molecule has 0 aliphatic rings. The molecule has 2 aromatic heterocycles. The van der Waals surface area contributed by atoms with Crippen molar-refractivity contribution in [3.63, 3.8) is 0 Å². The third-order valence-electron chi connectivity index (χ3n) is 5.15. The van der Waals surface area contributed by atoms with E-state index in [0.717, 1.165) is 29.0 Å². The van der Waals surface area contributed by atoms with E-state index in [9.17, 15) is 18.7 Å². The lowest BCUT2D eigenvalue weighted by atomic mass is 9.86. The van der Waals surface area contributed by atoms with E-state index in [2.05, 4.69) is 20.4 Å². The number of nitrogens with one attached hydrogen (secondary N) is 1. The van der Waals surface area contributed by atoms with Gasteiger partial charge in [0.05, 0.1) is 18.8 Å². The maximum absolute atomic E-state index is 14.6. The molecule has 0 spiro atoms. The van der Waals surface area contributed by atoms with Crippen LogP contribution in [0.5, 0.6) is 0 Å². The Morgan fingerprint density at radius 2 is 2.03 bits per heavy atom. The molecule has 2 unspecified atom stereocenters. The quantitative estimate of drug-likeness (QED) is 0.409. The third-order valence-corrected chi connectivity index (χ3v) is 6.45. The van der Waals surface area contributed by atoms with Crippen molar-refractivity contribution in [2.24, 2.45) is 0 Å². The molecule has 0 saturated carbocycles. The van der Waals surface area contributed by atoms with Crippen LogP contribution in [0.1, 0.15) is 22.2 Å². The molecule has 0 aliphatic heterocycles. The number of aromatic nitrogens is 4. The number of halogens is 3. The fourth-order valence-electron chi connectivity index (χ4n) is 3.35. The maximum Gasteiger partial charge on any atom is 0.263 e. The zero-order valence-electron chi connectivity index (χ0n) is 17.2. The van der Waals surface area contributed by atoms with E-state index in [1.54, 1.807) is 24.3 Å². The predicted octanol–water partition coefficient (Wildman–Crippen LogP) is 4.04. The summed E-state index contributed by atoms with van der Waals surface area (Å²) in [4.78, 5) is 21.3. The summed E-state index contributed by atoms with van der Waals surface area (Å²) in [5.41, 5.74) is -1.34. The minimum absolute atomic E-state index is 0.182. The van der Waals surface area contributed by atoms with Crippen molar-refractivity contribution in [3.8, 4) is 10.6 Å². The molecular weight excluding hydrogens is 472 g/mol. The second-order valence-corrected chi connectivity index (χ2v) is 8.84. The molecule has 1 amide bonds. The molecule has 4 rings (SSSR count). The molecule has 2 aromatic carbocycles. The van der Waals surface area contributed by atoms with Crippen molar-refractivity contribution >= 4 is 28.8 Å². The topological polar surface area (TPSA) is 92.9 Å². The van der Waals surface area contributed by atoms with Crippen LogP contribution in [0.4, 0.5) is 8.78 Å². The molecule has 0 radical (unpaired) electrons. The number of benzene rings is 2. The first-order valence-corrected chi connectivity index (χ1v) is 11.0. The highest BCUT2D eigenvalue weighted by Gasteiger charge is 2.40. The number of amides is 1. The number of hydrogen-bond donors (Lipinski definition) is 2. The van der Waals surface area contributed by atoms with Crippen molar-refractivity contribution in [2.45, 2.75) is 25.1 Å². The lowest BCUT2D eigenvalue weighted by Gasteiger charge is -2.35. The van der Waals surface area contributed by atoms with Gasteiger partial charge >= 0.3 is 0 Å². The first-order valence-electron chi connectivity index (χ1n) is 9.79. The molecule has 2 N–H and O–H groups in total. The Morgan fingerprint density at radius 3 is 2.70 bits per heavy atom. The molecule has 0 aliphatic carbocycles. The van der Waals surface area contributed by atoms with Crippen molar-refractivity contribution in [3.05, 3.63) is 88.4 Å². The highest BCUT2D eigenvalue weighted by molar-refractivity contribution is 7.16. The van der Waals surface area contributed by atoms with Crippen LogP contribution < -0.4 is 5.32 Å². The Bertz CT molecular complexity index is 1270. The van der Waals surface area contributed by atoms with Crippen molar-refractivity contribution < 1.29 is 18.7 Å². The third kappa shape index (κ3) is 4.92. The van der Waals surface area contributed by atoms with E-state index >= 15 is 0 Å². The van der Waals surface area contributed by atoms with Gasteiger partial charge in [-0.1, -0.05) is 29.8 Å². The predicted molar refractivity (Wildman–Crippen MR) is 120 cm³/mol. The standard InChI is InChI=1S/C22H18ClF2N5O2S/c1-13(29-20(31)19-9-27-21(33-19)14-2-4-15(23)5-3-14)22(32,10-30-12-26-11-28-30)17-7-6-16(24)8-18(17)25/h2-9,11-13,32H,10H2,1H3,(H,29,31). The Kier molecular flexibility index (Phi) is 6.50. The Hall–Kier alpha value is -3.21. The van der Waals surface area contributed by atoms with Gasteiger partial charge < -0.3 is 10.4 Å². The smallest absolute Gasteiger partial charge is 0.263 e. The van der Waals surface area contributed by atoms with Gasteiger partial charge in [0.2, 0.25) is 0 Å². The average Bonchev–Trinajstić information content (AvgIpc) is 3.46. The summed E-state index contributed by atoms with van der Waals surface area (Å²) < 4.78 is 29.4. The van der Waals surface area contributed by atoms with Gasteiger partial charge in [-0.05, 0) is 25.1 Å². The molecule has 0 fully saturated rings. The highest BCUT2D eigenvalue weighted by Crippen LogP contribution is 2.31. The van der Waals surface area contributed by atoms with Gasteiger partial charge in [-0.25, -0.2) is 23.4 Å². The lowest BCUT2D eigenvalue weighted by molar-refractivity contribution is -0.0185. The number of aliphatic hydroxyl groups is 1. The SMILES string of the molecule is CC(NC(=O)c1cnc(-c2ccc(Cl)cc2)s1)C(O)(Cn1cncn1)c1ccc(F)cc1F. The number of thiazole rings is 1. The van der Waals surface area contributed by atoms with E-state index in [-0.39, 0.29) is 12.1 Å². The second-order valence-electron chi connectivity index (χ2n) is 7.37. The monoisotopic (exact) mass is 489 g/mol. The Morgan fingerprint density at radius 1 is 1.27 bits per heavy atom. The van der Waals surface area contributed by atoms with Crippen LogP contribution in [0.3, 0.4) is 0 Å². The highest BCUT2D eigenvalue weighted by atomic mass is 35.5. The summed E-state index contributed by atoms with van der Waals surface area (Å²) in [6.45, 7) is 1.30. The zero-order chi connectivity index (χ0) is 23.6. The van der Waals surface area contributed by atoms with Crippen LogP contribution in [0.15, 0.2) is 61.3 Å². The summed E-state index contributed by atoms with van der Waals surface area (Å²) in [7, 11) is 0. The van der Waals surface area contributed by atoms with Gasteiger partial charge in [-0.15, -0.1) is 11.3 Å². The largest absolute Gasteiger partial charge is 0.381 e. The summed E-state index contributed by atoms with van der Waals surface area (Å²) in [5, 5.41) is 19.4. The zero-order valence-corrected chi connectivity index (χ0v) is 18.8. The van der Waals surface area contributed by atoms with Crippen molar-refractivity contribution in [2.75, 3.05) is 0 Å². The van der Waals surface area contributed by atoms with Gasteiger partial charge in [0.15, 0.2) is 0 Å². The van der Waals surface area contributed by atoms with Crippen molar-refractivity contribution in [1.29, 1.82) is 0 Å². The molecule has 7 nitrogen and oxygen atoms in total. The number of rotatable bonds is 7. The molecule has 33 heavy (non-hydrogen) atoms. The van der Waals surface area contributed by atoms with Gasteiger partial charge in [0.1, 0.15) is 39.8 Å². The van der Waals surface area contributed by atoms with Gasteiger partial charge in [-0.3, -0.25) is 4.79 Å². The van der Waals surface area contributed by atoms with Crippen LogP contribution in [-0.2, 0) is 12.1 Å². The van der Waals surface area contributed by atoms with E-state index in [1.807, 2.05) is 0 Å². The molecule has 0 bridgehead atoms. The molecule has 0 saturated heterocycles. The first-order chi connectivity index (χ1) is 15.8. The normalized spacial score (nSPS) is 14.0. The Balaban J connectivity index is 1.59. The molecule has 170 valence electrons. The van der Waals surface area contributed by atoms with Gasteiger partial charge in [0.25, 0.3) is 5.91 Å². The first kappa shape index (κ1) is 23.0. The minimum atomic E-state index is -1.95. The lowest BCUT2D eigenvalue weighted by Crippen LogP contribution is -2.51. The number of carbonyl (C=O) groups is 1. The minimum Gasteiger partial charge on any atom is -0.381 e. The summed E-state index contributed by atoms with van der Waals surface area (Å²) in [5.74, 6) is -2.23. The van der Waals surface area contributed by atoms with E-state index in [1.165, 1.54) is 30.5 Å². The van der Waals surface area contributed by atoms with Gasteiger partial charge in [-0.2, -0.15) is 5.10 Å². The van der Waals surface area contributed by atoms with Crippen LogP contribution in [0.2, 0.25) is 5.02 Å². The molecule has 2 atom stereocenters. The fourth-order valence-corrected chi connectivity index (χ4v) is 4.30. The summed E-state index contributed by atoms with van der Waals surface area (Å²) in [6.07, 6.45) is 4.04. The molecule has 11 heteroatoms. The van der Waals surface area contributed by atoms with Crippen molar-refractivity contribution in [1.82, 2.24) is 25.1 Å². The molecular formula is C22H18ClF2N5O2S. The summed E-state index contributed by atoms with van der Waals surface area (Å²) in [6, 6.07) is 8.91. The number of carbonyl (C=O) groups excluding carboxylic acids is 1. The van der Waals surface area contributed by atoms with E-state index in [0.29, 0.717) is 21.0 Å². The van der Waals surface area contributed by atoms with E-state index in [4.69, 9.17) is 11.6 Å². The van der Waals surface area contributed by atoms with Crippen LogP contribution in [-0.4, -0.2) is 36.8 Å². The molecule has 4 aromatic rings. The second kappa shape index (κ2) is 9.34.